The molecule has 2 nitrogen and oxygen atoms in total. The molecule has 186 valence electrons. The normalized spacial score (nSPS) is 13.7. The number of benzene rings is 5. The highest BCUT2D eigenvalue weighted by Crippen LogP contribution is 2.52. The van der Waals surface area contributed by atoms with Gasteiger partial charge in [-0.1, -0.05) is 84.6 Å². The molecule has 0 bridgehead atoms. The van der Waals surface area contributed by atoms with Crippen molar-refractivity contribution in [2.24, 2.45) is 0 Å². The van der Waals surface area contributed by atoms with Gasteiger partial charge in [-0.2, -0.15) is 0 Å². The van der Waals surface area contributed by atoms with Crippen LogP contribution in [0.1, 0.15) is 12.8 Å². The molecule has 0 saturated heterocycles. The van der Waals surface area contributed by atoms with Gasteiger partial charge in [0.25, 0.3) is 0 Å². The van der Waals surface area contributed by atoms with Gasteiger partial charge in [0.05, 0.1) is 16.9 Å². The predicted molar refractivity (Wildman–Crippen MR) is 165 cm³/mol. The van der Waals surface area contributed by atoms with Crippen LogP contribution >= 0.6 is 11.8 Å². The summed E-state index contributed by atoms with van der Waals surface area (Å²) in [6, 6.07) is 44.0. The van der Waals surface area contributed by atoms with Crippen LogP contribution in [0.2, 0.25) is 0 Å². The van der Waals surface area contributed by atoms with Gasteiger partial charge in [0.15, 0.2) is 0 Å². The first kappa shape index (κ1) is 22.5. The van der Waals surface area contributed by atoms with E-state index < -0.39 is 0 Å². The van der Waals surface area contributed by atoms with E-state index in [9.17, 15) is 0 Å². The van der Waals surface area contributed by atoms with Crippen molar-refractivity contribution in [3.8, 4) is 16.8 Å². The molecular formula is C36H26N2S. The maximum Gasteiger partial charge on any atom is 0.0602 e. The Morgan fingerprint density at radius 1 is 0.538 bits per heavy atom. The standard InChI is InChI=1S/C36H26N2S/c1-3-11-27(12-4-1)37-31-16-8-7-15-29(31)30-23-25(19-21-32(30)37)26-20-22-34-36(24-26)39-35-18-10-9-17-33(35)38(34)28-13-5-2-6-14-28/h1-6,9-24H,7-8H2. The Hall–Kier alpha value is -4.47. The summed E-state index contributed by atoms with van der Waals surface area (Å²) < 4.78 is 2.42. The second-order valence-electron chi connectivity index (χ2n) is 10.1. The third kappa shape index (κ3) is 3.65. The molecule has 3 heteroatoms. The molecule has 0 atom stereocenters. The minimum absolute atomic E-state index is 1.09. The number of rotatable bonds is 3. The van der Waals surface area contributed by atoms with Crippen LogP contribution in [0, 0.1) is 0 Å². The molecular weight excluding hydrogens is 492 g/mol. The summed E-state index contributed by atoms with van der Waals surface area (Å²) in [7, 11) is 0. The van der Waals surface area contributed by atoms with Crippen molar-refractivity contribution in [3.63, 3.8) is 0 Å². The number of aromatic nitrogens is 1. The summed E-state index contributed by atoms with van der Waals surface area (Å²) >= 11 is 1.86. The second-order valence-corrected chi connectivity index (χ2v) is 11.2. The SMILES string of the molecule is C1=c2c(n(-c3ccccc3)c3ccc(-c4ccc5c(c4)Sc4ccccc4N5c4ccccc4)cc23)=CCC1. The van der Waals surface area contributed by atoms with E-state index in [1.165, 1.54) is 65.1 Å². The van der Waals surface area contributed by atoms with Gasteiger partial charge in [0, 0.05) is 37.1 Å². The smallest absolute Gasteiger partial charge is 0.0602 e. The van der Waals surface area contributed by atoms with E-state index in [2.05, 4.69) is 143 Å². The highest BCUT2D eigenvalue weighted by molar-refractivity contribution is 7.99. The van der Waals surface area contributed by atoms with E-state index in [4.69, 9.17) is 0 Å². The number of anilines is 3. The third-order valence-corrected chi connectivity index (χ3v) is 8.90. The minimum atomic E-state index is 1.09. The van der Waals surface area contributed by atoms with Gasteiger partial charge in [-0.25, -0.2) is 0 Å². The molecule has 1 aliphatic heterocycles. The summed E-state index contributed by atoms with van der Waals surface area (Å²) in [6.07, 6.45) is 6.99. The summed E-state index contributed by atoms with van der Waals surface area (Å²) in [6.45, 7) is 0. The topological polar surface area (TPSA) is 8.17 Å². The monoisotopic (exact) mass is 518 g/mol. The average molecular weight is 519 g/mol. The van der Waals surface area contributed by atoms with Gasteiger partial charge in [0.2, 0.25) is 0 Å². The number of fused-ring (bicyclic) bond motifs is 5. The maximum absolute atomic E-state index is 2.42. The van der Waals surface area contributed by atoms with Crippen molar-refractivity contribution in [1.29, 1.82) is 0 Å². The molecule has 2 heterocycles. The molecule has 0 saturated carbocycles. The lowest BCUT2D eigenvalue weighted by atomic mass is 10.0. The molecule has 5 aromatic carbocycles. The molecule has 0 fully saturated rings. The molecule has 8 rings (SSSR count). The van der Waals surface area contributed by atoms with Crippen molar-refractivity contribution in [2.75, 3.05) is 4.90 Å². The fourth-order valence-corrected chi connectivity index (χ4v) is 7.12. The first-order chi connectivity index (χ1) is 19.3. The summed E-state index contributed by atoms with van der Waals surface area (Å²) in [5.74, 6) is 0. The average Bonchev–Trinajstić information content (AvgIpc) is 3.34. The van der Waals surface area contributed by atoms with Gasteiger partial charge < -0.3 is 9.47 Å². The van der Waals surface area contributed by atoms with Crippen LogP contribution in [0.25, 0.3) is 39.9 Å². The molecule has 6 aromatic rings. The fourth-order valence-electron chi connectivity index (χ4n) is 6.03. The molecule has 2 aliphatic rings. The first-order valence-electron chi connectivity index (χ1n) is 13.5. The number of nitrogens with zero attached hydrogens (tertiary/aromatic N) is 2. The van der Waals surface area contributed by atoms with Crippen molar-refractivity contribution < 1.29 is 0 Å². The second kappa shape index (κ2) is 9.07. The Balaban J connectivity index is 1.29. The molecule has 0 N–H and O–H groups in total. The van der Waals surface area contributed by atoms with Crippen LogP contribution < -0.4 is 15.5 Å². The number of hydrogen-bond acceptors (Lipinski definition) is 2. The number of hydrogen-bond donors (Lipinski definition) is 0. The van der Waals surface area contributed by atoms with E-state index in [1.54, 1.807) is 0 Å². The Kier molecular flexibility index (Phi) is 5.24. The van der Waals surface area contributed by atoms with Crippen molar-refractivity contribution >= 4 is 51.9 Å². The molecule has 0 unspecified atom stereocenters. The Labute approximate surface area is 232 Å². The van der Waals surface area contributed by atoms with Gasteiger partial charge in [-0.05, 0) is 84.6 Å². The van der Waals surface area contributed by atoms with Crippen LogP contribution in [0.5, 0.6) is 0 Å². The van der Waals surface area contributed by atoms with Gasteiger partial charge in [0.1, 0.15) is 0 Å². The Morgan fingerprint density at radius 3 is 2.05 bits per heavy atom. The van der Waals surface area contributed by atoms with Crippen LogP contribution in [0.3, 0.4) is 0 Å². The van der Waals surface area contributed by atoms with E-state index >= 15 is 0 Å². The minimum Gasteiger partial charge on any atom is -0.310 e. The molecule has 1 aromatic heterocycles. The largest absolute Gasteiger partial charge is 0.310 e. The zero-order valence-corrected chi connectivity index (χ0v) is 22.2. The van der Waals surface area contributed by atoms with Crippen molar-refractivity contribution in [1.82, 2.24) is 4.57 Å². The summed E-state index contributed by atoms with van der Waals surface area (Å²) in [5.41, 5.74) is 8.62. The quantitative estimate of drug-likeness (QED) is 0.231. The van der Waals surface area contributed by atoms with Gasteiger partial charge >= 0.3 is 0 Å². The molecule has 39 heavy (non-hydrogen) atoms. The lowest BCUT2D eigenvalue weighted by Gasteiger charge is -2.33. The number of para-hydroxylation sites is 3. The van der Waals surface area contributed by atoms with Crippen LogP contribution in [0.15, 0.2) is 131 Å². The molecule has 1 aliphatic carbocycles. The first-order valence-corrected chi connectivity index (χ1v) is 14.3. The van der Waals surface area contributed by atoms with Gasteiger partial charge in [-0.3, -0.25) is 0 Å². The van der Waals surface area contributed by atoms with Crippen LogP contribution in [0.4, 0.5) is 17.1 Å². The van der Waals surface area contributed by atoms with E-state index in [0.717, 1.165) is 12.8 Å². The zero-order valence-electron chi connectivity index (χ0n) is 21.4. The van der Waals surface area contributed by atoms with Crippen LogP contribution in [-0.2, 0) is 0 Å². The van der Waals surface area contributed by atoms with Crippen molar-refractivity contribution in [2.45, 2.75) is 22.6 Å². The highest BCUT2D eigenvalue weighted by Gasteiger charge is 2.25. The zero-order chi connectivity index (χ0) is 25.8. The van der Waals surface area contributed by atoms with Crippen molar-refractivity contribution in [3.05, 3.63) is 132 Å². The molecule has 0 spiro atoms. The van der Waals surface area contributed by atoms with E-state index in [-0.39, 0.29) is 0 Å². The van der Waals surface area contributed by atoms with E-state index in [1.807, 2.05) is 11.8 Å². The predicted octanol–water partition coefficient (Wildman–Crippen LogP) is 8.59. The van der Waals surface area contributed by atoms with E-state index in [0.29, 0.717) is 0 Å². The Morgan fingerprint density at radius 2 is 1.21 bits per heavy atom. The summed E-state index contributed by atoms with van der Waals surface area (Å²) in [4.78, 5) is 4.94. The fraction of sp³-hybridized carbons (Fsp3) is 0.0556. The maximum atomic E-state index is 2.42. The molecule has 0 radical (unpaired) electrons. The third-order valence-electron chi connectivity index (χ3n) is 7.79. The lowest BCUT2D eigenvalue weighted by molar-refractivity contribution is 1.02. The molecule has 0 amide bonds. The van der Waals surface area contributed by atoms with Gasteiger partial charge in [-0.15, -0.1) is 0 Å². The highest BCUT2D eigenvalue weighted by atomic mass is 32.2. The summed E-state index contributed by atoms with van der Waals surface area (Å²) in [5, 5.41) is 4.00. The van der Waals surface area contributed by atoms with Crippen LogP contribution in [-0.4, -0.2) is 4.57 Å². The lowest BCUT2D eigenvalue weighted by Crippen LogP contribution is -2.30. The Bertz CT molecular complexity index is 1990.